The van der Waals surface area contributed by atoms with Crippen LogP contribution in [-0.4, -0.2) is 24.9 Å². The van der Waals surface area contributed by atoms with E-state index in [1.165, 1.54) is 5.56 Å². The minimum atomic E-state index is 0.587. The second-order valence-corrected chi connectivity index (χ2v) is 9.61. The van der Waals surface area contributed by atoms with Gasteiger partial charge in [0.15, 0.2) is 5.82 Å². The van der Waals surface area contributed by atoms with E-state index < -0.39 is 0 Å². The molecule has 0 aliphatic heterocycles. The summed E-state index contributed by atoms with van der Waals surface area (Å²) in [4.78, 5) is 22.3. The molecular weight excluding hydrogens is 502 g/mol. The Morgan fingerprint density at radius 2 is 1.05 bits per heavy atom. The quantitative estimate of drug-likeness (QED) is 0.235. The van der Waals surface area contributed by atoms with Gasteiger partial charge in [0.2, 0.25) is 0 Å². The summed E-state index contributed by atoms with van der Waals surface area (Å²) in [5, 5.41) is 0. The molecule has 0 atom stereocenters. The van der Waals surface area contributed by atoms with Crippen molar-refractivity contribution < 1.29 is 0 Å². The van der Waals surface area contributed by atoms with Gasteiger partial charge in [-0.25, -0.2) is 15.0 Å². The second kappa shape index (κ2) is 10.8. The monoisotopic (exact) mass is 527 g/mol. The maximum absolute atomic E-state index is 5.02. The Morgan fingerprint density at radius 1 is 0.415 bits per heavy atom. The lowest BCUT2D eigenvalue weighted by atomic mass is 9.90. The van der Waals surface area contributed by atoms with E-state index in [2.05, 4.69) is 81.7 Å². The van der Waals surface area contributed by atoms with E-state index in [1.807, 2.05) is 66.9 Å². The predicted molar refractivity (Wildman–Crippen MR) is 165 cm³/mol. The summed E-state index contributed by atoms with van der Waals surface area (Å²) in [5.41, 5.74) is 10.8. The second-order valence-electron chi connectivity index (χ2n) is 9.61. The Kier molecular flexibility index (Phi) is 6.44. The van der Waals surface area contributed by atoms with Crippen molar-refractivity contribution in [3.63, 3.8) is 0 Å². The summed E-state index contributed by atoms with van der Waals surface area (Å²) in [7, 11) is 0. The molecule has 0 unspecified atom stereocenters. The van der Waals surface area contributed by atoms with Gasteiger partial charge in [-0.05, 0) is 28.8 Å². The molecule has 0 aliphatic carbocycles. The number of imidazole rings is 1. The maximum Gasteiger partial charge on any atom is 0.178 e. The van der Waals surface area contributed by atoms with Gasteiger partial charge in [0, 0.05) is 34.6 Å². The molecule has 0 fully saturated rings. The van der Waals surface area contributed by atoms with E-state index in [0.717, 1.165) is 56.2 Å². The van der Waals surface area contributed by atoms with E-state index in [-0.39, 0.29) is 0 Å². The molecule has 0 radical (unpaired) electrons. The first-order valence-electron chi connectivity index (χ1n) is 13.5. The molecular formula is C36H25N5. The molecule has 7 aromatic rings. The summed E-state index contributed by atoms with van der Waals surface area (Å²) in [6.45, 7) is 0. The van der Waals surface area contributed by atoms with Crippen molar-refractivity contribution in [1.82, 2.24) is 24.9 Å². The van der Waals surface area contributed by atoms with Gasteiger partial charge in [0.05, 0.1) is 23.4 Å². The predicted octanol–water partition coefficient (Wildman–Crippen LogP) is 8.60. The zero-order chi connectivity index (χ0) is 27.4. The molecule has 7 rings (SSSR count). The third kappa shape index (κ3) is 4.70. The highest BCUT2D eigenvalue weighted by atomic mass is 15.0. The highest BCUT2D eigenvalue weighted by Gasteiger charge is 2.18. The Morgan fingerprint density at radius 3 is 1.83 bits per heavy atom. The first kappa shape index (κ1) is 24.4. The average molecular weight is 528 g/mol. The third-order valence-electron chi connectivity index (χ3n) is 7.13. The Bertz CT molecular complexity index is 1940. The van der Waals surface area contributed by atoms with Gasteiger partial charge < -0.3 is 4.98 Å². The van der Waals surface area contributed by atoms with Gasteiger partial charge in [-0.1, -0.05) is 115 Å². The van der Waals surface area contributed by atoms with Gasteiger partial charge >= 0.3 is 0 Å². The van der Waals surface area contributed by atoms with E-state index in [1.54, 1.807) is 12.5 Å². The summed E-state index contributed by atoms with van der Waals surface area (Å²) >= 11 is 0. The SMILES string of the molecule is c1ccc(-c2ccccc2-c2cccnc2-c2ccccc2-c2ccnc(-c3[nH]cnc3-c3ccccc3)n2)cc1. The molecule has 41 heavy (non-hydrogen) atoms. The Labute approximate surface area is 238 Å². The normalized spacial score (nSPS) is 10.9. The number of H-pyrrole nitrogens is 1. The lowest BCUT2D eigenvalue weighted by molar-refractivity contribution is 1.16. The number of hydrogen-bond donors (Lipinski definition) is 1. The molecule has 0 bridgehead atoms. The molecule has 4 aromatic carbocycles. The van der Waals surface area contributed by atoms with E-state index >= 15 is 0 Å². The molecule has 0 amide bonds. The van der Waals surface area contributed by atoms with E-state index in [0.29, 0.717) is 5.82 Å². The Balaban J connectivity index is 1.35. The number of nitrogens with zero attached hydrogens (tertiary/aromatic N) is 4. The third-order valence-corrected chi connectivity index (χ3v) is 7.13. The zero-order valence-corrected chi connectivity index (χ0v) is 22.1. The van der Waals surface area contributed by atoms with Gasteiger partial charge in [-0.3, -0.25) is 4.98 Å². The fraction of sp³-hybridized carbons (Fsp3) is 0. The number of aromatic nitrogens is 5. The molecule has 0 saturated heterocycles. The van der Waals surface area contributed by atoms with Crippen LogP contribution in [0, 0.1) is 0 Å². The van der Waals surface area contributed by atoms with Crippen LogP contribution in [0.15, 0.2) is 146 Å². The molecule has 0 saturated carbocycles. The molecule has 3 heterocycles. The van der Waals surface area contributed by atoms with Crippen LogP contribution in [-0.2, 0) is 0 Å². The fourth-order valence-electron chi connectivity index (χ4n) is 5.25. The number of hydrogen-bond acceptors (Lipinski definition) is 4. The highest BCUT2D eigenvalue weighted by Crippen LogP contribution is 2.40. The minimum absolute atomic E-state index is 0.587. The molecule has 5 heteroatoms. The largest absolute Gasteiger partial charge is 0.341 e. The van der Waals surface area contributed by atoms with Crippen LogP contribution in [0.4, 0.5) is 0 Å². The van der Waals surface area contributed by atoms with Crippen molar-refractivity contribution in [3.05, 3.63) is 146 Å². The van der Waals surface area contributed by atoms with Crippen LogP contribution in [0.3, 0.4) is 0 Å². The van der Waals surface area contributed by atoms with Gasteiger partial charge in [0.1, 0.15) is 5.69 Å². The first-order valence-corrected chi connectivity index (χ1v) is 13.5. The number of nitrogens with one attached hydrogen (secondary N) is 1. The molecule has 194 valence electrons. The van der Waals surface area contributed by atoms with Crippen molar-refractivity contribution >= 4 is 0 Å². The summed E-state index contributed by atoms with van der Waals surface area (Å²) in [6.07, 6.45) is 5.34. The molecule has 1 N–H and O–H groups in total. The van der Waals surface area contributed by atoms with Crippen LogP contribution in [0.2, 0.25) is 0 Å². The van der Waals surface area contributed by atoms with Crippen LogP contribution >= 0.6 is 0 Å². The topological polar surface area (TPSA) is 67.3 Å². The highest BCUT2D eigenvalue weighted by molar-refractivity contribution is 5.93. The van der Waals surface area contributed by atoms with Crippen molar-refractivity contribution in [2.45, 2.75) is 0 Å². The molecule has 0 aliphatic rings. The van der Waals surface area contributed by atoms with Gasteiger partial charge in [-0.2, -0.15) is 0 Å². The van der Waals surface area contributed by atoms with Crippen LogP contribution in [0.25, 0.3) is 67.5 Å². The summed E-state index contributed by atoms with van der Waals surface area (Å²) in [5.74, 6) is 0.587. The fourth-order valence-corrected chi connectivity index (χ4v) is 5.25. The lowest BCUT2D eigenvalue weighted by Gasteiger charge is -2.16. The molecule has 3 aromatic heterocycles. The molecule has 0 spiro atoms. The zero-order valence-electron chi connectivity index (χ0n) is 22.1. The van der Waals surface area contributed by atoms with Crippen LogP contribution in [0.1, 0.15) is 0 Å². The van der Waals surface area contributed by atoms with Crippen molar-refractivity contribution in [2.75, 3.05) is 0 Å². The summed E-state index contributed by atoms with van der Waals surface area (Å²) in [6, 6.07) is 43.4. The van der Waals surface area contributed by atoms with Crippen LogP contribution < -0.4 is 0 Å². The van der Waals surface area contributed by atoms with Gasteiger partial charge in [0.25, 0.3) is 0 Å². The minimum Gasteiger partial charge on any atom is -0.341 e. The van der Waals surface area contributed by atoms with E-state index in [9.17, 15) is 0 Å². The van der Waals surface area contributed by atoms with Crippen LogP contribution in [0.5, 0.6) is 0 Å². The standard InChI is InChI=1S/C36H25N5/c1-3-12-25(13-4-1)27-16-7-8-17-28(27)30-20-11-22-37-34(30)31-19-10-9-18-29(31)32-21-23-38-36(41-32)35-33(39-24-40-35)26-14-5-2-6-15-26/h1-24H,(H,39,40). The summed E-state index contributed by atoms with van der Waals surface area (Å²) < 4.78 is 0. The smallest absolute Gasteiger partial charge is 0.178 e. The number of aromatic amines is 1. The van der Waals surface area contributed by atoms with Gasteiger partial charge in [-0.15, -0.1) is 0 Å². The Hall–Kier alpha value is -5.68. The average Bonchev–Trinajstić information content (AvgIpc) is 3.56. The molecule has 5 nitrogen and oxygen atoms in total. The van der Waals surface area contributed by atoms with Crippen molar-refractivity contribution in [1.29, 1.82) is 0 Å². The first-order chi connectivity index (χ1) is 20.4. The lowest BCUT2D eigenvalue weighted by Crippen LogP contribution is -1.97. The maximum atomic E-state index is 5.02. The number of benzene rings is 4. The number of rotatable bonds is 6. The number of pyridine rings is 1. The van der Waals surface area contributed by atoms with E-state index in [4.69, 9.17) is 9.97 Å². The van der Waals surface area contributed by atoms with Crippen molar-refractivity contribution in [3.8, 4) is 67.5 Å². The van der Waals surface area contributed by atoms with Crippen molar-refractivity contribution in [2.24, 2.45) is 0 Å².